The third kappa shape index (κ3) is 5.08. The van der Waals surface area contributed by atoms with Crippen molar-refractivity contribution in [2.75, 3.05) is 11.9 Å². The van der Waals surface area contributed by atoms with Crippen molar-refractivity contribution in [3.63, 3.8) is 0 Å². The van der Waals surface area contributed by atoms with Crippen LogP contribution in [-0.4, -0.2) is 18.4 Å². The summed E-state index contributed by atoms with van der Waals surface area (Å²) in [6, 6.07) is 12.5. The Kier molecular flexibility index (Phi) is 6.17. The molecule has 0 unspecified atom stereocenters. The van der Waals surface area contributed by atoms with Gasteiger partial charge in [-0.2, -0.15) is 0 Å². The number of benzene rings is 2. The smallest absolute Gasteiger partial charge is 0.251 e. The number of carbonyl (C=O) groups is 2. The predicted molar refractivity (Wildman–Crippen MR) is 101 cm³/mol. The fourth-order valence-corrected chi connectivity index (χ4v) is 2.46. The summed E-state index contributed by atoms with van der Waals surface area (Å²) in [5.74, 6) is 0.0337. The van der Waals surface area contributed by atoms with Gasteiger partial charge in [-0.05, 0) is 61.2 Å². The maximum atomic E-state index is 12.4. The fraction of sp³-hybridized carbons (Fsp3) is 0.300. The van der Waals surface area contributed by atoms with Crippen LogP contribution in [0.25, 0.3) is 0 Å². The molecule has 0 spiro atoms. The van der Waals surface area contributed by atoms with Gasteiger partial charge in [0.25, 0.3) is 5.91 Å². The van der Waals surface area contributed by atoms with E-state index in [1.807, 2.05) is 25.1 Å². The fourth-order valence-electron chi connectivity index (χ4n) is 2.46. The van der Waals surface area contributed by atoms with Crippen molar-refractivity contribution < 1.29 is 9.59 Å². The van der Waals surface area contributed by atoms with Crippen LogP contribution >= 0.6 is 0 Å². The molecule has 0 aliphatic rings. The highest BCUT2D eigenvalue weighted by molar-refractivity contribution is 5.97. The number of hydrogen-bond donors (Lipinski definition) is 3. The van der Waals surface area contributed by atoms with Crippen LogP contribution in [0.15, 0.2) is 42.5 Å². The molecular formula is C20H25N3O2. The number of amides is 2. The van der Waals surface area contributed by atoms with Gasteiger partial charge in [0.15, 0.2) is 0 Å². The summed E-state index contributed by atoms with van der Waals surface area (Å²) in [6.45, 7) is 6.84. The van der Waals surface area contributed by atoms with E-state index < -0.39 is 5.91 Å². The first kappa shape index (κ1) is 18.5. The summed E-state index contributed by atoms with van der Waals surface area (Å²) in [5, 5.41) is 6.24. The lowest BCUT2D eigenvalue weighted by molar-refractivity contribution is 0.0950. The van der Waals surface area contributed by atoms with Gasteiger partial charge in [0.1, 0.15) is 0 Å². The van der Waals surface area contributed by atoms with E-state index in [1.54, 1.807) is 24.3 Å². The predicted octanol–water partition coefficient (Wildman–Crippen LogP) is 3.61. The molecular weight excluding hydrogens is 314 g/mol. The second kappa shape index (κ2) is 8.33. The highest BCUT2D eigenvalue weighted by Gasteiger charge is 2.12. The molecule has 0 heterocycles. The van der Waals surface area contributed by atoms with Crippen LogP contribution in [0.4, 0.5) is 11.4 Å². The Balaban J connectivity index is 2.12. The Bertz CT molecular complexity index is 752. The molecule has 5 heteroatoms. The Morgan fingerprint density at radius 3 is 2.36 bits per heavy atom. The summed E-state index contributed by atoms with van der Waals surface area (Å²) in [7, 11) is 0. The number of nitrogens with one attached hydrogen (secondary N) is 2. The minimum absolute atomic E-state index is 0.0640. The van der Waals surface area contributed by atoms with Crippen molar-refractivity contribution in [3.8, 4) is 0 Å². The summed E-state index contributed by atoms with van der Waals surface area (Å²) in [6.07, 6.45) is 0.953. The number of nitrogens with two attached hydrogens (primary N) is 1. The van der Waals surface area contributed by atoms with Gasteiger partial charge < -0.3 is 16.4 Å². The molecule has 0 bridgehead atoms. The number of hydrogen-bond acceptors (Lipinski definition) is 3. The molecule has 2 aromatic rings. The minimum atomic E-state index is -0.456. The summed E-state index contributed by atoms with van der Waals surface area (Å²) < 4.78 is 0. The topological polar surface area (TPSA) is 84.2 Å². The zero-order valence-electron chi connectivity index (χ0n) is 14.9. The first-order valence-corrected chi connectivity index (χ1v) is 8.43. The largest absolute Gasteiger partial charge is 0.366 e. The molecule has 0 aliphatic carbocycles. The zero-order chi connectivity index (χ0) is 18.4. The second-order valence-electron chi connectivity index (χ2n) is 6.48. The molecule has 0 saturated heterocycles. The van der Waals surface area contributed by atoms with Crippen molar-refractivity contribution in [1.82, 2.24) is 5.32 Å². The number of primary amides is 1. The molecule has 0 aliphatic heterocycles. The van der Waals surface area contributed by atoms with E-state index in [0.29, 0.717) is 23.6 Å². The maximum Gasteiger partial charge on any atom is 0.251 e. The standard InChI is InChI=1S/C20H25N3O2/c1-13(2)11-12-22-20(25)17-5-4-6-18(14(17)3)23-16-9-7-15(8-10-16)19(21)24/h4-10,13,23H,11-12H2,1-3H3,(H2,21,24)(H,22,25). The molecule has 0 aromatic heterocycles. The quantitative estimate of drug-likeness (QED) is 0.720. The van der Waals surface area contributed by atoms with Crippen molar-refractivity contribution in [2.24, 2.45) is 11.7 Å². The van der Waals surface area contributed by atoms with Gasteiger partial charge in [0, 0.05) is 29.0 Å². The van der Waals surface area contributed by atoms with Crippen molar-refractivity contribution >= 4 is 23.2 Å². The van der Waals surface area contributed by atoms with Crippen LogP contribution < -0.4 is 16.4 Å². The lowest BCUT2D eigenvalue weighted by Gasteiger charge is -2.14. The SMILES string of the molecule is Cc1c(Nc2ccc(C(N)=O)cc2)cccc1C(=O)NCCC(C)C. The van der Waals surface area contributed by atoms with Crippen LogP contribution in [0.2, 0.25) is 0 Å². The third-order valence-electron chi connectivity index (χ3n) is 4.03. The first-order valence-electron chi connectivity index (χ1n) is 8.43. The van der Waals surface area contributed by atoms with Gasteiger partial charge in [-0.3, -0.25) is 9.59 Å². The summed E-state index contributed by atoms with van der Waals surface area (Å²) in [4.78, 5) is 23.5. The lowest BCUT2D eigenvalue weighted by atomic mass is 10.1. The van der Waals surface area contributed by atoms with Crippen LogP contribution in [0.3, 0.4) is 0 Å². The van der Waals surface area contributed by atoms with Crippen molar-refractivity contribution in [2.45, 2.75) is 27.2 Å². The van der Waals surface area contributed by atoms with E-state index in [4.69, 9.17) is 5.73 Å². The molecule has 2 aromatic carbocycles. The summed E-state index contributed by atoms with van der Waals surface area (Å²) in [5.41, 5.74) is 8.92. The molecule has 0 radical (unpaired) electrons. The highest BCUT2D eigenvalue weighted by atomic mass is 16.2. The van der Waals surface area contributed by atoms with Gasteiger partial charge in [-0.25, -0.2) is 0 Å². The Hall–Kier alpha value is -2.82. The van der Waals surface area contributed by atoms with Crippen LogP contribution in [0.1, 0.15) is 46.5 Å². The normalized spacial score (nSPS) is 10.6. The first-order chi connectivity index (χ1) is 11.9. The van der Waals surface area contributed by atoms with Crippen LogP contribution in [-0.2, 0) is 0 Å². The molecule has 5 nitrogen and oxygen atoms in total. The van der Waals surface area contributed by atoms with E-state index in [0.717, 1.165) is 23.4 Å². The van der Waals surface area contributed by atoms with Gasteiger partial charge >= 0.3 is 0 Å². The minimum Gasteiger partial charge on any atom is -0.366 e. The average Bonchev–Trinajstić information content (AvgIpc) is 2.56. The average molecular weight is 339 g/mol. The molecule has 4 N–H and O–H groups in total. The number of anilines is 2. The van der Waals surface area contributed by atoms with E-state index in [1.165, 1.54) is 0 Å². The Morgan fingerprint density at radius 1 is 1.08 bits per heavy atom. The van der Waals surface area contributed by atoms with Crippen molar-refractivity contribution in [1.29, 1.82) is 0 Å². The van der Waals surface area contributed by atoms with Gasteiger partial charge in [0.05, 0.1) is 0 Å². The Morgan fingerprint density at radius 2 is 1.76 bits per heavy atom. The van der Waals surface area contributed by atoms with E-state index in [2.05, 4.69) is 24.5 Å². The third-order valence-corrected chi connectivity index (χ3v) is 4.03. The number of rotatable bonds is 7. The molecule has 25 heavy (non-hydrogen) atoms. The zero-order valence-corrected chi connectivity index (χ0v) is 14.9. The van der Waals surface area contributed by atoms with Crippen LogP contribution in [0.5, 0.6) is 0 Å². The molecule has 132 valence electrons. The maximum absolute atomic E-state index is 12.4. The number of carbonyl (C=O) groups excluding carboxylic acids is 2. The lowest BCUT2D eigenvalue weighted by Crippen LogP contribution is -2.26. The Labute approximate surface area is 148 Å². The van der Waals surface area contributed by atoms with Crippen LogP contribution in [0, 0.1) is 12.8 Å². The van der Waals surface area contributed by atoms with Gasteiger partial charge in [-0.1, -0.05) is 19.9 Å². The van der Waals surface area contributed by atoms with E-state index in [9.17, 15) is 9.59 Å². The van der Waals surface area contributed by atoms with E-state index in [-0.39, 0.29) is 5.91 Å². The second-order valence-corrected chi connectivity index (χ2v) is 6.48. The highest BCUT2D eigenvalue weighted by Crippen LogP contribution is 2.23. The molecule has 0 atom stereocenters. The van der Waals surface area contributed by atoms with Gasteiger partial charge in [-0.15, -0.1) is 0 Å². The molecule has 0 saturated carbocycles. The monoisotopic (exact) mass is 339 g/mol. The molecule has 2 rings (SSSR count). The van der Waals surface area contributed by atoms with E-state index >= 15 is 0 Å². The summed E-state index contributed by atoms with van der Waals surface area (Å²) >= 11 is 0. The van der Waals surface area contributed by atoms with Crippen molar-refractivity contribution in [3.05, 3.63) is 59.2 Å². The molecule has 2 amide bonds. The van der Waals surface area contributed by atoms with Gasteiger partial charge in [0.2, 0.25) is 5.91 Å². The molecule has 0 fully saturated rings.